The number of hydrogen-bond acceptors (Lipinski definition) is 3. The van der Waals surface area contributed by atoms with Gasteiger partial charge in [0.2, 0.25) is 0 Å². The molecule has 0 spiro atoms. The zero-order valence-corrected chi connectivity index (χ0v) is 22.5. The quantitative estimate of drug-likeness (QED) is 0.445. The Kier molecular flexibility index (Phi) is 18.1. The maximum atomic E-state index is 11.7. The number of methoxy groups -OCH3 is 1. The molecule has 2 rings (SSSR count). The molecule has 1 N–H and O–H groups in total. The molecule has 0 unspecified atom stereocenters. The van der Waals surface area contributed by atoms with Crippen LogP contribution in [0.25, 0.3) is 17.2 Å². The van der Waals surface area contributed by atoms with Crippen molar-refractivity contribution < 1.29 is 9.53 Å². The Morgan fingerprint density at radius 2 is 1.47 bits per heavy atom. The van der Waals surface area contributed by atoms with E-state index in [4.69, 9.17) is 4.74 Å². The highest BCUT2D eigenvalue weighted by molar-refractivity contribution is 5.92. The highest BCUT2D eigenvalue weighted by Crippen LogP contribution is 2.38. The van der Waals surface area contributed by atoms with Gasteiger partial charge in [-0.25, -0.2) is 0 Å². The molecule has 0 atom stereocenters. The molecule has 3 heteroatoms. The van der Waals surface area contributed by atoms with Gasteiger partial charge in [-0.15, -0.1) is 0 Å². The van der Waals surface area contributed by atoms with E-state index in [0.29, 0.717) is 0 Å². The van der Waals surface area contributed by atoms with Crippen molar-refractivity contribution in [3.8, 4) is 16.9 Å². The first-order valence-corrected chi connectivity index (χ1v) is 11.9. The molecule has 3 nitrogen and oxygen atoms in total. The molecule has 0 aliphatic heterocycles. The lowest BCUT2D eigenvalue weighted by Gasteiger charge is -2.20. The van der Waals surface area contributed by atoms with Gasteiger partial charge in [0.05, 0.1) is 7.11 Å². The molecule has 0 aromatic heterocycles. The molecule has 0 aliphatic carbocycles. The van der Waals surface area contributed by atoms with Crippen LogP contribution in [0.1, 0.15) is 86.1 Å². The number of carbonyl (C=O) groups excluding carboxylic acids is 1. The molecular weight excluding hydrogens is 394 g/mol. The number of ether oxygens (including phenoxy) is 1. The second kappa shape index (κ2) is 18.2. The Morgan fingerprint density at radius 1 is 0.938 bits per heavy atom. The van der Waals surface area contributed by atoms with E-state index in [-0.39, 0.29) is 0 Å². The van der Waals surface area contributed by atoms with Gasteiger partial charge in [0, 0.05) is 5.56 Å². The van der Waals surface area contributed by atoms with Crippen molar-refractivity contribution in [2.75, 3.05) is 21.2 Å². The first-order chi connectivity index (χ1) is 15.4. The van der Waals surface area contributed by atoms with Crippen molar-refractivity contribution in [2.24, 2.45) is 0 Å². The van der Waals surface area contributed by atoms with E-state index in [1.807, 2.05) is 54.8 Å². The van der Waals surface area contributed by atoms with Gasteiger partial charge in [-0.1, -0.05) is 72.8 Å². The van der Waals surface area contributed by atoms with Crippen molar-refractivity contribution in [1.29, 1.82) is 0 Å². The van der Waals surface area contributed by atoms with Gasteiger partial charge < -0.3 is 10.1 Å². The van der Waals surface area contributed by atoms with E-state index in [0.717, 1.165) is 59.1 Å². The summed E-state index contributed by atoms with van der Waals surface area (Å²) in [5.41, 5.74) is 8.54. The minimum atomic E-state index is 0.725. The van der Waals surface area contributed by atoms with Gasteiger partial charge >= 0.3 is 0 Å². The van der Waals surface area contributed by atoms with E-state index in [1.165, 1.54) is 16.7 Å². The van der Waals surface area contributed by atoms with Crippen molar-refractivity contribution in [3.05, 3.63) is 58.2 Å². The lowest BCUT2D eigenvalue weighted by molar-refractivity contribution is 0.112. The molecule has 0 saturated carbocycles. The molecule has 0 aliphatic rings. The first-order valence-electron chi connectivity index (χ1n) is 11.9. The maximum absolute atomic E-state index is 11.7. The maximum Gasteiger partial charge on any atom is 0.150 e. The second-order valence-electron chi connectivity index (χ2n) is 6.96. The zero-order chi connectivity index (χ0) is 25.3. The third-order valence-electron chi connectivity index (χ3n) is 4.82. The number of nitrogens with one attached hydrogen (secondary N) is 1. The van der Waals surface area contributed by atoms with Gasteiger partial charge in [0.25, 0.3) is 0 Å². The van der Waals surface area contributed by atoms with Crippen molar-refractivity contribution in [3.63, 3.8) is 0 Å². The van der Waals surface area contributed by atoms with Crippen LogP contribution in [0.5, 0.6) is 5.75 Å². The number of benzene rings is 2. The highest BCUT2D eigenvalue weighted by atomic mass is 16.5. The Balaban J connectivity index is 0. The number of aryl methyl sites for hydroxylation is 4. The molecule has 0 bridgehead atoms. The summed E-state index contributed by atoms with van der Waals surface area (Å²) in [6.07, 6.45) is 5.69. The molecule has 0 heterocycles. The van der Waals surface area contributed by atoms with E-state index >= 15 is 0 Å². The Hall–Kier alpha value is -2.39. The summed E-state index contributed by atoms with van der Waals surface area (Å²) in [7, 11) is 5.46. The molecular formula is C29H47NO2. The topological polar surface area (TPSA) is 38.3 Å². The van der Waals surface area contributed by atoms with Gasteiger partial charge in [-0.3, -0.25) is 4.79 Å². The normalized spacial score (nSPS) is 9.22. The summed E-state index contributed by atoms with van der Waals surface area (Å²) >= 11 is 0. The predicted octanol–water partition coefficient (Wildman–Crippen LogP) is 7.84. The van der Waals surface area contributed by atoms with E-state index in [1.54, 1.807) is 7.11 Å². The van der Waals surface area contributed by atoms with Crippen LogP contribution in [0, 0.1) is 13.8 Å². The summed E-state index contributed by atoms with van der Waals surface area (Å²) in [5.74, 6) is 0.897. The highest BCUT2D eigenvalue weighted by Gasteiger charge is 2.18. The first kappa shape index (κ1) is 31.8. The summed E-state index contributed by atoms with van der Waals surface area (Å²) in [6, 6.07) is 6.45. The fourth-order valence-electron chi connectivity index (χ4n) is 3.57. The number of aldehydes is 1. The molecule has 0 amide bonds. The summed E-state index contributed by atoms with van der Waals surface area (Å²) in [5, 5.41) is 2.75. The van der Waals surface area contributed by atoms with Gasteiger partial charge in [0.15, 0.2) is 6.29 Å². The molecule has 0 fully saturated rings. The lowest BCUT2D eigenvalue weighted by atomic mass is 9.84. The SMILES string of the molecule is C=Cc1c(C=O)c(C)cc(CCC)c1-c1cc(OC)c(CC)cc1C.CC.CC.CNC. The van der Waals surface area contributed by atoms with Crippen LogP contribution in [0.15, 0.2) is 24.8 Å². The number of hydrogen-bond donors (Lipinski definition) is 1. The summed E-state index contributed by atoms with van der Waals surface area (Å²) in [6.45, 7) is 20.4. The fourth-order valence-corrected chi connectivity index (χ4v) is 3.57. The zero-order valence-electron chi connectivity index (χ0n) is 22.5. The third-order valence-corrected chi connectivity index (χ3v) is 4.82. The average molecular weight is 442 g/mol. The third kappa shape index (κ3) is 8.27. The molecule has 2 aromatic rings. The van der Waals surface area contributed by atoms with Crippen LogP contribution in [-0.4, -0.2) is 27.5 Å². The van der Waals surface area contributed by atoms with Crippen molar-refractivity contribution in [2.45, 2.75) is 74.7 Å². The van der Waals surface area contributed by atoms with Crippen LogP contribution < -0.4 is 10.1 Å². The Bertz CT molecular complexity index is 823. The van der Waals surface area contributed by atoms with Crippen LogP contribution in [-0.2, 0) is 12.8 Å². The minimum absolute atomic E-state index is 0.725. The van der Waals surface area contributed by atoms with E-state index in [2.05, 4.69) is 50.9 Å². The van der Waals surface area contributed by atoms with E-state index < -0.39 is 0 Å². The number of carbonyl (C=O) groups is 1. The van der Waals surface area contributed by atoms with Crippen LogP contribution >= 0.6 is 0 Å². The van der Waals surface area contributed by atoms with Crippen LogP contribution in [0.3, 0.4) is 0 Å². The summed E-state index contributed by atoms with van der Waals surface area (Å²) < 4.78 is 5.61. The van der Waals surface area contributed by atoms with Gasteiger partial charge in [-0.05, 0) is 85.8 Å². The fraction of sp³-hybridized carbons (Fsp3) is 0.483. The molecule has 0 saturated heterocycles. The number of rotatable bonds is 7. The largest absolute Gasteiger partial charge is 0.496 e. The monoisotopic (exact) mass is 441 g/mol. The Labute approximate surface area is 198 Å². The minimum Gasteiger partial charge on any atom is -0.496 e. The molecule has 32 heavy (non-hydrogen) atoms. The molecule has 2 aromatic carbocycles. The van der Waals surface area contributed by atoms with Crippen molar-refractivity contribution >= 4 is 12.4 Å². The predicted molar refractivity (Wildman–Crippen MR) is 144 cm³/mol. The molecule has 180 valence electrons. The smallest absolute Gasteiger partial charge is 0.150 e. The van der Waals surface area contributed by atoms with Gasteiger partial charge in [0.1, 0.15) is 5.75 Å². The average Bonchev–Trinajstić information content (AvgIpc) is 2.82. The second-order valence-corrected chi connectivity index (χ2v) is 6.96. The Morgan fingerprint density at radius 3 is 1.88 bits per heavy atom. The standard InChI is InChI=1S/C23H28O2.C2H7N.2C2H6/c1-7-10-18-12-16(5)21(14-24)19(9-3)23(18)20-13-22(25-6)17(8-2)11-15(20)4;1-3-2;2*1-2/h9,11-14H,3,7-8,10H2,1-2,4-6H3;3H,1-2H3;2*1-2H3. The molecule has 0 radical (unpaired) electrons. The summed E-state index contributed by atoms with van der Waals surface area (Å²) in [4.78, 5) is 11.7. The van der Waals surface area contributed by atoms with Crippen molar-refractivity contribution in [1.82, 2.24) is 5.32 Å². The van der Waals surface area contributed by atoms with E-state index in [9.17, 15) is 4.79 Å². The van der Waals surface area contributed by atoms with Crippen LogP contribution in [0.4, 0.5) is 0 Å². The van der Waals surface area contributed by atoms with Crippen LogP contribution in [0.2, 0.25) is 0 Å². The lowest BCUT2D eigenvalue weighted by Crippen LogP contribution is -2.03. The van der Waals surface area contributed by atoms with Gasteiger partial charge in [-0.2, -0.15) is 0 Å².